The van der Waals surface area contributed by atoms with Crippen LogP contribution in [0.2, 0.25) is 0 Å². The molecule has 1 aromatic heterocycles. The molecule has 3 heteroatoms. The number of fused-ring (bicyclic) bond motifs is 1. The first-order valence-electron chi connectivity index (χ1n) is 5.56. The van der Waals surface area contributed by atoms with Gasteiger partial charge in [-0.05, 0) is 10.9 Å². The van der Waals surface area contributed by atoms with Gasteiger partial charge in [0.05, 0.1) is 6.54 Å². The van der Waals surface area contributed by atoms with Crippen LogP contribution >= 0.6 is 0 Å². The third-order valence-corrected chi connectivity index (χ3v) is 2.76. The number of terminal acetylenes is 1. The van der Waals surface area contributed by atoms with Crippen molar-refractivity contribution in [2.24, 2.45) is 5.73 Å². The molecule has 0 radical (unpaired) electrons. The molecule has 0 aliphatic heterocycles. The van der Waals surface area contributed by atoms with Crippen molar-refractivity contribution in [3.8, 4) is 12.3 Å². The van der Waals surface area contributed by atoms with Gasteiger partial charge in [0.2, 0.25) is 0 Å². The average Bonchev–Trinajstić information content (AvgIpc) is 2.40. The van der Waals surface area contributed by atoms with Crippen molar-refractivity contribution in [3.05, 3.63) is 42.2 Å². The summed E-state index contributed by atoms with van der Waals surface area (Å²) in [6.45, 7) is 1.00. The highest BCUT2D eigenvalue weighted by Crippen LogP contribution is 2.22. The number of hydrogen-bond acceptors (Lipinski definition) is 3. The maximum absolute atomic E-state index is 5.78. The van der Waals surface area contributed by atoms with E-state index in [0.29, 0.717) is 13.1 Å². The van der Waals surface area contributed by atoms with Gasteiger partial charge in [-0.15, -0.1) is 6.42 Å². The molecule has 1 unspecified atom stereocenters. The maximum Gasteiger partial charge on any atom is 0.0579 e. The minimum absolute atomic E-state index is 0.0460. The molecule has 2 rings (SSSR count). The van der Waals surface area contributed by atoms with Crippen molar-refractivity contribution in [2.45, 2.75) is 6.04 Å². The molecule has 86 valence electrons. The predicted molar refractivity (Wildman–Crippen MR) is 70.4 cm³/mol. The van der Waals surface area contributed by atoms with E-state index < -0.39 is 0 Å². The Bertz CT molecular complexity index is 537. The van der Waals surface area contributed by atoms with E-state index in [4.69, 9.17) is 12.2 Å². The highest BCUT2D eigenvalue weighted by Gasteiger charge is 2.11. The number of nitrogens with one attached hydrogen (secondary N) is 1. The minimum Gasteiger partial charge on any atom is -0.329 e. The molecule has 0 aliphatic carbocycles. The summed E-state index contributed by atoms with van der Waals surface area (Å²) in [5.74, 6) is 2.56. The molecule has 2 aromatic rings. The van der Waals surface area contributed by atoms with Crippen LogP contribution in [-0.2, 0) is 0 Å². The monoisotopic (exact) mass is 225 g/mol. The number of hydrogen-bond donors (Lipinski definition) is 2. The first-order valence-corrected chi connectivity index (χ1v) is 5.56. The second-order valence-corrected chi connectivity index (χ2v) is 3.82. The predicted octanol–water partition coefficient (Wildman–Crippen LogP) is 1.46. The summed E-state index contributed by atoms with van der Waals surface area (Å²) in [6.07, 6.45) is 8.96. The Labute approximate surface area is 101 Å². The van der Waals surface area contributed by atoms with Crippen LogP contribution in [0.3, 0.4) is 0 Å². The fourth-order valence-corrected chi connectivity index (χ4v) is 1.92. The standard InChI is InChI=1S/C14H15N3/c1-2-7-17-14(8-15)13-10-16-9-11-5-3-4-6-12(11)13/h1,3-6,9-10,14,17H,7-8,15H2. The molecular formula is C14H15N3. The molecule has 1 heterocycles. The third kappa shape index (κ3) is 2.44. The summed E-state index contributed by atoms with van der Waals surface area (Å²) >= 11 is 0. The zero-order valence-corrected chi connectivity index (χ0v) is 9.56. The Morgan fingerprint density at radius 2 is 2.18 bits per heavy atom. The average molecular weight is 225 g/mol. The maximum atomic E-state index is 5.78. The summed E-state index contributed by atoms with van der Waals surface area (Å²) in [5.41, 5.74) is 6.88. The van der Waals surface area contributed by atoms with Crippen LogP contribution in [0.5, 0.6) is 0 Å². The lowest BCUT2D eigenvalue weighted by Crippen LogP contribution is -2.28. The summed E-state index contributed by atoms with van der Waals surface area (Å²) < 4.78 is 0. The minimum atomic E-state index is 0.0460. The van der Waals surface area contributed by atoms with E-state index in [-0.39, 0.29) is 6.04 Å². The van der Waals surface area contributed by atoms with E-state index in [0.717, 1.165) is 10.9 Å². The van der Waals surface area contributed by atoms with Gasteiger partial charge in [0.1, 0.15) is 0 Å². The van der Waals surface area contributed by atoms with Crippen molar-refractivity contribution < 1.29 is 0 Å². The molecule has 1 atom stereocenters. The van der Waals surface area contributed by atoms with Crippen molar-refractivity contribution >= 4 is 10.8 Å². The number of pyridine rings is 1. The van der Waals surface area contributed by atoms with E-state index in [1.165, 1.54) is 5.39 Å². The largest absolute Gasteiger partial charge is 0.329 e. The number of aromatic nitrogens is 1. The van der Waals surface area contributed by atoms with Crippen molar-refractivity contribution in [1.29, 1.82) is 0 Å². The van der Waals surface area contributed by atoms with E-state index in [9.17, 15) is 0 Å². The first-order chi connectivity index (χ1) is 8.36. The Morgan fingerprint density at radius 1 is 1.35 bits per heavy atom. The van der Waals surface area contributed by atoms with Crippen molar-refractivity contribution in [3.63, 3.8) is 0 Å². The van der Waals surface area contributed by atoms with Gasteiger partial charge < -0.3 is 5.73 Å². The first kappa shape index (κ1) is 11.6. The zero-order chi connectivity index (χ0) is 12.1. The number of benzene rings is 1. The molecule has 0 saturated heterocycles. The van der Waals surface area contributed by atoms with Gasteiger partial charge >= 0.3 is 0 Å². The van der Waals surface area contributed by atoms with Gasteiger partial charge in [-0.3, -0.25) is 10.3 Å². The number of rotatable bonds is 4. The highest BCUT2D eigenvalue weighted by molar-refractivity contribution is 5.85. The van der Waals surface area contributed by atoms with Crippen LogP contribution in [0, 0.1) is 12.3 Å². The van der Waals surface area contributed by atoms with Crippen molar-refractivity contribution in [2.75, 3.05) is 13.1 Å². The number of nitrogens with zero attached hydrogens (tertiary/aromatic N) is 1. The van der Waals surface area contributed by atoms with Crippen molar-refractivity contribution in [1.82, 2.24) is 10.3 Å². The molecule has 0 fully saturated rings. The lowest BCUT2D eigenvalue weighted by Gasteiger charge is -2.17. The normalized spacial score (nSPS) is 12.2. The van der Waals surface area contributed by atoms with Crippen LogP contribution in [0.1, 0.15) is 11.6 Å². The van der Waals surface area contributed by atoms with Crippen LogP contribution in [0.25, 0.3) is 10.8 Å². The smallest absolute Gasteiger partial charge is 0.0579 e. The fraction of sp³-hybridized carbons (Fsp3) is 0.214. The second kappa shape index (κ2) is 5.44. The van der Waals surface area contributed by atoms with E-state index in [1.54, 1.807) is 0 Å². The highest BCUT2D eigenvalue weighted by atomic mass is 14.9. The van der Waals surface area contributed by atoms with Gasteiger partial charge in [-0.2, -0.15) is 0 Å². The lowest BCUT2D eigenvalue weighted by atomic mass is 10.0. The summed E-state index contributed by atoms with van der Waals surface area (Å²) in [4.78, 5) is 4.24. The Kier molecular flexibility index (Phi) is 3.71. The quantitative estimate of drug-likeness (QED) is 0.774. The van der Waals surface area contributed by atoms with Gasteiger partial charge in [0, 0.05) is 30.4 Å². The Morgan fingerprint density at radius 3 is 2.94 bits per heavy atom. The van der Waals surface area contributed by atoms with Crippen LogP contribution in [0.4, 0.5) is 0 Å². The van der Waals surface area contributed by atoms with E-state index in [1.807, 2.05) is 30.6 Å². The molecule has 0 saturated carbocycles. The summed E-state index contributed by atoms with van der Waals surface area (Å²) in [6, 6.07) is 8.18. The van der Waals surface area contributed by atoms with Gasteiger partial charge in [-0.25, -0.2) is 0 Å². The Balaban J connectivity index is 2.43. The van der Waals surface area contributed by atoms with E-state index in [2.05, 4.69) is 22.3 Å². The van der Waals surface area contributed by atoms with E-state index >= 15 is 0 Å². The topological polar surface area (TPSA) is 50.9 Å². The van der Waals surface area contributed by atoms with Crippen LogP contribution < -0.4 is 11.1 Å². The molecule has 0 amide bonds. The molecular weight excluding hydrogens is 210 g/mol. The Hall–Kier alpha value is -1.89. The van der Waals surface area contributed by atoms with Crippen LogP contribution in [0.15, 0.2) is 36.7 Å². The lowest BCUT2D eigenvalue weighted by molar-refractivity contribution is 0.584. The molecule has 1 aromatic carbocycles. The van der Waals surface area contributed by atoms with Crippen LogP contribution in [-0.4, -0.2) is 18.1 Å². The SMILES string of the molecule is C#CCNC(CN)c1cncc2ccccc12. The molecule has 0 aliphatic rings. The molecule has 3 N–H and O–H groups in total. The molecule has 0 bridgehead atoms. The van der Waals surface area contributed by atoms with Gasteiger partial charge in [0.15, 0.2) is 0 Å². The molecule has 0 spiro atoms. The number of nitrogens with two attached hydrogens (primary N) is 1. The van der Waals surface area contributed by atoms with Gasteiger partial charge in [0.25, 0.3) is 0 Å². The fourth-order valence-electron chi connectivity index (χ4n) is 1.92. The molecule has 17 heavy (non-hydrogen) atoms. The third-order valence-electron chi connectivity index (χ3n) is 2.76. The summed E-state index contributed by atoms with van der Waals surface area (Å²) in [7, 11) is 0. The summed E-state index contributed by atoms with van der Waals surface area (Å²) in [5, 5.41) is 5.51. The molecule has 3 nitrogen and oxygen atoms in total. The van der Waals surface area contributed by atoms with Gasteiger partial charge in [-0.1, -0.05) is 30.2 Å². The zero-order valence-electron chi connectivity index (χ0n) is 9.56. The second-order valence-electron chi connectivity index (χ2n) is 3.82.